The normalized spacial score (nSPS) is 13.2. The SMILES string of the molecule is CC(c1ncc(F)cc1F)N(C(=O)O)C(C)(C)C. The third-order valence-corrected chi connectivity index (χ3v) is 2.55. The first-order valence-corrected chi connectivity index (χ1v) is 5.47. The second kappa shape index (κ2) is 4.88. The average Bonchev–Trinajstić information content (AvgIpc) is 2.13. The van der Waals surface area contributed by atoms with Crippen LogP contribution >= 0.6 is 0 Å². The van der Waals surface area contributed by atoms with Crippen molar-refractivity contribution in [2.24, 2.45) is 0 Å². The number of rotatable bonds is 2. The number of carboxylic acid groups (broad SMARTS) is 1. The van der Waals surface area contributed by atoms with E-state index >= 15 is 0 Å². The molecule has 1 aromatic rings. The van der Waals surface area contributed by atoms with E-state index in [1.807, 2.05) is 0 Å². The summed E-state index contributed by atoms with van der Waals surface area (Å²) in [7, 11) is 0. The van der Waals surface area contributed by atoms with E-state index in [4.69, 9.17) is 0 Å². The number of nitrogens with zero attached hydrogens (tertiary/aromatic N) is 2. The van der Waals surface area contributed by atoms with Crippen molar-refractivity contribution in [1.82, 2.24) is 9.88 Å². The average molecular weight is 258 g/mol. The lowest BCUT2D eigenvalue weighted by Crippen LogP contribution is -2.46. The van der Waals surface area contributed by atoms with Crippen molar-refractivity contribution in [1.29, 1.82) is 0 Å². The monoisotopic (exact) mass is 258 g/mol. The van der Waals surface area contributed by atoms with E-state index in [2.05, 4.69) is 4.98 Å². The molecule has 6 heteroatoms. The van der Waals surface area contributed by atoms with Crippen molar-refractivity contribution in [2.75, 3.05) is 0 Å². The van der Waals surface area contributed by atoms with Gasteiger partial charge >= 0.3 is 6.09 Å². The third kappa shape index (κ3) is 2.94. The molecular weight excluding hydrogens is 242 g/mol. The summed E-state index contributed by atoms with van der Waals surface area (Å²) in [6, 6.07) is -0.107. The summed E-state index contributed by atoms with van der Waals surface area (Å²) in [5.41, 5.74) is -0.804. The van der Waals surface area contributed by atoms with Gasteiger partial charge in [-0.25, -0.2) is 13.6 Å². The van der Waals surface area contributed by atoms with E-state index < -0.39 is 29.3 Å². The minimum atomic E-state index is -1.18. The predicted octanol–water partition coefficient (Wildman–Crippen LogP) is 3.20. The van der Waals surface area contributed by atoms with Crippen molar-refractivity contribution in [3.8, 4) is 0 Å². The van der Waals surface area contributed by atoms with Gasteiger partial charge in [0.15, 0.2) is 0 Å². The summed E-state index contributed by atoms with van der Waals surface area (Å²) in [5, 5.41) is 9.19. The van der Waals surface area contributed by atoms with Crippen molar-refractivity contribution in [3.63, 3.8) is 0 Å². The van der Waals surface area contributed by atoms with Crippen LogP contribution in [0.1, 0.15) is 39.4 Å². The quantitative estimate of drug-likeness (QED) is 0.886. The van der Waals surface area contributed by atoms with E-state index in [1.54, 1.807) is 20.8 Å². The second-order valence-electron chi connectivity index (χ2n) is 5.02. The van der Waals surface area contributed by atoms with Crippen molar-refractivity contribution in [2.45, 2.75) is 39.3 Å². The van der Waals surface area contributed by atoms with Gasteiger partial charge in [-0.05, 0) is 27.7 Å². The first kappa shape index (κ1) is 14.3. The maximum atomic E-state index is 13.6. The molecule has 1 N–H and O–H groups in total. The Balaban J connectivity index is 3.18. The summed E-state index contributed by atoms with van der Waals surface area (Å²) < 4.78 is 26.4. The minimum Gasteiger partial charge on any atom is -0.465 e. The first-order chi connectivity index (χ1) is 8.14. The van der Waals surface area contributed by atoms with Gasteiger partial charge in [0, 0.05) is 11.6 Å². The molecule has 1 unspecified atom stereocenters. The lowest BCUT2D eigenvalue weighted by Gasteiger charge is -2.37. The number of aromatic nitrogens is 1. The molecule has 1 amide bonds. The Bertz CT molecular complexity index is 458. The molecule has 1 atom stereocenters. The fourth-order valence-electron chi connectivity index (χ4n) is 1.89. The molecular formula is C12H16F2N2O2. The molecule has 1 aromatic heterocycles. The highest BCUT2D eigenvalue weighted by Gasteiger charge is 2.33. The first-order valence-electron chi connectivity index (χ1n) is 5.47. The Kier molecular flexibility index (Phi) is 3.88. The Labute approximate surface area is 104 Å². The summed E-state index contributed by atoms with van der Waals surface area (Å²) in [5.74, 6) is -1.64. The van der Waals surface area contributed by atoms with Crippen LogP contribution in [0.4, 0.5) is 13.6 Å². The van der Waals surface area contributed by atoms with Gasteiger partial charge in [-0.1, -0.05) is 0 Å². The molecule has 0 fully saturated rings. The van der Waals surface area contributed by atoms with Crippen LogP contribution < -0.4 is 0 Å². The van der Waals surface area contributed by atoms with Crippen LogP contribution in [0.5, 0.6) is 0 Å². The lowest BCUT2D eigenvalue weighted by molar-refractivity contribution is 0.0729. The zero-order chi connectivity index (χ0) is 14.1. The van der Waals surface area contributed by atoms with E-state index in [1.165, 1.54) is 6.92 Å². The Morgan fingerprint density at radius 2 is 2.00 bits per heavy atom. The minimum absolute atomic E-state index is 0.0891. The number of amides is 1. The number of pyridine rings is 1. The maximum Gasteiger partial charge on any atom is 0.408 e. The summed E-state index contributed by atoms with van der Waals surface area (Å²) >= 11 is 0. The van der Waals surface area contributed by atoms with E-state index in [0.717, 1.165) is 11.1 Å². The third-order valence-electron chi connectivity index (χ3n) is 2.55. The lowest BCUT2D eigenvalue weighted by atomic mass is 10.0. The molecule has 0 aliphatic heterocycles. The van der Waals surface area contributed by atoms with E-state index in [9.17, 15) is 18.7 Å². The van der Waals surface area contributed by atoms with Crippen LogP contribution in [0.2, 0.25) is 0 Å². The van der Waals surface area contributed by atoms with Gasteiger partial charge in [-0.3, -0.25) is 9.88 Å². The number of carbonyl (C=O) groups is 1. The van der Waals surface area contributed by atoms with Gasteiger partial charge in [-0.15, -0.1) is 0 Å². The molecule has 100 valence electrons. The van der Waals surface area contributed by atoms with Crippen molar-refractivity contribution in [3.05, 3.63) is 29.6 Å². The topological polar surface area (TPSA) is 53.4 Å². The molecule has 0 aromatic carbocycles. The number of hydrogen-bond acceptors (Lipinski definition) is 2. The molecule has 1 rings (SSSR count). The number of hydrogen-bond donors (Lipinski definition) is 1. The summed E-state index contributed by atoms with van der Waals surface area (Å²) in [6.45, 7) is 6.60. The zero-order valence-corrected chi connectivity index (χ0v) is 10.7. The Morgan fingerprint density at radius 3 is 2.39 bits per heavy atom. The van der Waals surface area contributed by atoms with Gasteiger partial charge in [0.1, 0.15) is 11.6 Å². The maximum absolute atomic E-state index is 13.6. The van der Waals surface area contributed by atoms with Crippen LogP contribution in [0, 0.1) is 11.6 Å². The number of halogens is 2. The molecule has 0 aliphatic rings. The van der Waals surface area contributed by atoms with Crippen LogP contribution in [-0.2, 0) is 0 Å². The van der Waals surface area contributed by atoms with Gasteiger partial charge in [0.25, 0.3) is 0 Å². The van der Waals surface area contributed by atoms with Crippen LogP contribution in [0.15, 0.2) is 12.3 Å². The fourth-order valence-corrected chi connectivity index (χ4v) is 1.89. The molecule has 0 radical (unpaired) electrons. The van der Waals surface area contributed by atoms with Gasteiger partial charge < -0.3 is 5.11 Å². The molecule has 0 spiro atoms. The van der Waals surface area contributed by atoms with Crippen LogP contribution in [0.25, 0.3) is 0 Å². The molecule has 1 heterocycles. The summed E-state index contributed by atoms with van der Waals surface area (Å²) in [4.78, 5) is 16.0. The Hall–Kier alpha value is -1.72. The Morgan fingerprint density at radius 1 is 1.44 bits per heavy atom. The highest BCUT2D eigenvalue weighted by Crippen LogP contribution is 2.28. The largest absolute Gasteiger partial charge is 0.465 e. The second-order valence-corrected chi connectivity index (χ2v) is 5.02. The highest BCUT2D eigenvalue weighted by molar-refractivity contribution is 5.66. The highest BCUT2D eigenvalue weighted by atomic mass is 19.1. The molecule has 0 saturated heterocycles. The van der Waals surface area contributed by atoms with Crippen LogP contribution in [0.3, 0.4) is 0 Å². The summed E-state index contributed by atoms with van der Waals surface area (Å²) in [6.07, 6.45) is -0.307. The standard InChI is InChI=1S/C12H16F2N2O2/c1-7(16(11(17)18)12(2,3)4)10-9(14)5-8(13)6-15-10/h5-7H,1-4H3,(H,17,18). The van der Waals surface area contributed by atoms with Crippen molar-refractivity contribution >= 4 is 6.09 Å². The zero-order valence-electron chi connectivity index (χ0n) is 10.7. The van der Waals surface area contributed by atoms with Gasteiger partial charge in [0.2, 0.25) is 0 Å². The van der Waals surface area contributed by atoms with Crippen molar-refractivity contribution < 1.29 is 18.7 Å². The predicted molar refractivity (Wildman–Crippen MR) is 62.2 cm³/mol. The molecule has 4 nitrogen and oxygen atoms in total. The molecule has 18 heavy (non-hydrogen) atoms. The molecule has 0 saturated carbocycles. The van der Waals surface area contributed by atoms with Gasteiger partial charge in [-0.2, -0.15) is 0 Å². The van der Waals surface area contributed by atoms with E-state index in [-0.39, 0.29) is 5.69 Å². The fraction of sp³-hybridized carbons (Fsp3) is 0.500. The smallest absolute Gasteiger partial charge is 0.408 e. The molecule has 0 bridgehead atoms. The van der Waals surface area contributed by atoms with E-state index in [0.29, 0.717) is 6.07 Å². The molecule has 0 aliphatic carbocycles. The van der Waals surface area contributed by atoms with Crippen LogP contribution in [-0.4, -0.2) is 26.6 Å². The van der Waals surface area contributed by atoms with Gasteiger partial charge in [0.05, 0.1) is 17.9 Å².